The van der Waals surface area contributed by atoms with Crippen LogP contribution in [0.15, 0.2) is 43.0 Å². The quantitative estimate of drug-likeness (QED) is 0.549. The molecule has 2 nitrogen and oxygen atoms in total. The number of rotatable bonds is 6. The van der Waals surface area contributed by atoms with Gasteiger partial charge in [-0.2, -0.15) is 0 Å². The van der Waals surface area contributed by atoms with Crippen LogP contribution in [0.25, 0.3) is 5.70 Å². The molecule has 0 spiro atoms. The second-order valence-electron chi connectivity index (χ2n) is 5.22. The molecule has 1 aliphatic heterocycles. The molecule has 1 aliphatic rings. The number of carbonyl (C=O) groups excluding carboxylic acids is 1. The van der Waals surface area contributed by atoms with E-state index in [9.17, 15) is 4.79 Å². The number of unbranched alkanes of at least 4 members (excludes halogenated alkanes) is 2. The molecule has 0 unspecified atom stereocenters. The van der Waals surface area contributed by atoms with E-state index in [-0.39, 0.29) is 5.91 Å². The molecule has 0 N–H and O–H groups in total. The van der Waals surface area contributed by atoms with Crippen LogP contribution in [-0.4, -0.2) is 17.4 Å². The van der Waals surface area contributed by atoms with Crippen LogP contribution in [0.2, 0.25) is 0 Å². The minimum Gasteiger partial charge on any atom is -0.308 e. The SMILES string of the molecule is C=C(C)CCCCCN1C(=C)c2ccccc2C1=O. The van der Waals surface area contributed by atoms with Crippen molar-refractivity contribution in [3.05, 3.63) is 54.1 Å². The molecule has 2 rings (SSSR count). The third-order valence-electron chi connectivity index (χ3n) is 3.52. The summed E-state index contributed by atoms with van der Waals surface area (Å²) in [7, 11) is 0. The molecule has 0 saturated heterocycles. The van der Waals surface area contributed by atoms with Gasteiger partial charge in [-0.3, -0.25) is 4.79 Å². The van der Waals surface area contributed by atoms with Gasteiger partial charge in [-0.25, -0.2) is 0 Å². The van der Waals surface area contributed by atoms with Gasteiger partial charge in [0.1, 0.15) is 0 Å². The van der Waals surface area contributed by atoms with E-state index in [2.05, 4.69) is 20.1 Å². The van der Waals surface area contributed by atoms with Gasteiger partial charge in [-0.05, 0) is 32.3 Å². The minimum atomic E-state index is 0.0977. The molecular weight excluding hydrogens is 234 g/mol. The zero-order chi connectivity index (χ0) is 13.8. The topological polar surface area (TPSA) is 20.3 Å². The first-order valence-corrected chi connectivity index (χ1v) is 6.86. The summed E-state index contributed by atoms with van der Waals surface area (Å²) in [6.07, 6.45) is 4.37. The largest absolute Gasteiger partial charge is 0.308 e. The summed E-state index contributed by atoms with van der Waals surface area (Å²) in [5, 5.41) is 0. The fourth-order valence-corrected chi connectivity index (χ4v) is 2.44. The zero-order valence-corrected chi connectivity index (χ0v) is 11.6. The molecule has 1 aromatic carbocycles. The first-order valence-electron chi connectivity index (χ1n) is 6.86. The number of amides is 1. The van der Waals surface area contributed by atoms with Crippen molar-refractivity contribution < 1.29 is 4.79 Å². The van der Waals surface area contributed by atoms with E-state index in [1.807, 2.05) is 29.2 Å². The summed E-state index contributed by atoms with van der Waals surface area (Å²) < 4.78 is 0. The van der Waals surface area contributed by atoms with Gasteiger partial charge in [0.15, 0.2) is 0 Å². The van der Waals surface area contributed by atoms with Crippen LogP contribution in [0.4, 0.5) is 0 Å². The lowest BCUT2D eigenvalue weighted by Gasteiger charge is -2.17. The summed E-state index contributed by atoms with van der Waals surface area (Å²) in [4.78, 5) is 14.0. The first-order chi connectivity index (χ1) is 9.11. The predicted octanol–water partition coefficient (Wildman–Crippen LogP) is 4.25. The predicted molar refractivity (Wildman–Crippen MR) is 79.8 cm³/mol. The lowest BCUT2D eigenvalue weighted by Crippen LogP contribution is -2.23. The summed E-state index contributed by atoms with van der Waals surface area (Å²) in [5.74, 6) is 0.0977. The molecule has 0 saturated carbocycles. The molecule has 1 amide bonds. The van der Waals surface area contributed by atoms with Crippen molar-refractivity contribution in [3.8, 4) is 0 Å². The van der Waals surface area contributed by atoms with Crippen LogP contribution in [0.1, 0.15) is 48.5 Å². The van der Waals surface area contributed by atoms with Gasteiger partial charge in [0.25, 0.3) is 5.91 Å². The van der Waals surface area contributed by atoms with Crippen LogP contribution in [0.5, 0.6) is 0 Å². The number of nitrogens with zero attached hydrogens (tertiary/aromatic N) is 1. The van der Waals surface area contributed by atoms with E-state index in [0.29, 0.717) is 0 Å². The lowest BCUT2D eigenvalue weighted by atomic mass is 10.1. The van der Waals surface area contributed by atoms with Crippen LogP contribution in [-0.2, 0) is 0 Å². The third-order valence-corrected chi connectivity index (χ3v) is 3.52. The molecule has 100 valence electrons. The van der Waals surface area contributed by atoms with Gasteiger partial charge in [0, 0.05) is 23.4 Å². The highest BCUT2D eigenvalue weighted by Gasteiger charge is 2.29. The Labute approximate surface area is 115 Å². The molecule has 1 aromatic rings. The maximum absolute atomic E-state index is 12.2. The Morgan fingerprint density at radius 1 is 1.16 bits per heavy atom. The highest BCUT2D eigenvalue weighted by atomic mass is 16.2. The van der Waals surface area contributed by atoms with Crippen molar-refractivity contribution >= 4 is 11.6 Å². The van der Waals surface area contributed by atoms with E-state index in [1.54, 1.807) is 0 Å². The molecule has 0 fully saturated rings. The van der Waals surface area contributed by atoms with Crippen molar-refractivity contribution in [2.75, 3.05) is 6.54 Å². The van der Waals surface area contributed by atoms with Crippen LogP contribution in [0.3, 0.4) is 0 Å². The van der Waals surface area contributed by atoms with Gasteiger partial charge < -0.3 is 4.90 Å². The number of allylic oxidation sites excluding steroid dienone is 1. The second kappa shape index (κ2) is 5.87. The van der Waals surface area contributed by atoms with Crippen LogP contribution < -0.4 is 0 Å². The number of hydrogen-bond acceptors (Lipinski definition) is 1. The highest BCUT2D eigenvalue weighted by Crippen LogP contribution is 2.31. The van der Waals surface area contributed by atoms with Gasteiger partial charge in [0.05, 0.1) is 0 Å². The first kappa shape index (κ1) is 13.6. The maximum atomic E-state index is 12.2. The molecule has 0 bridgehead atoms. The lowest BCUT2D eigenvalue weighted by molar-refractivity contribution is 0.0848. The van der Waals surface area contributed by atoms with E-state index in [1.165, 1.54) is 5.57 Å². The molecular formula is C17H21NO. The number of benzene rings is 1. The number of hydrogen-bond donors (Lipinski definition) is 0. The molecule has 0 atom stereocenters. The Balaban J connectivity index is 1.88. The number of fused-ring (bicyclic) bond motifs is 1. The smallest absolute Gasteiger partial charge is 0.258 e. The average Bonchev–Trinajstić information content (AvgIpc) is 2.63. The van der Waals surface area contributed by atoms with Gasteiger partial charge >= 0.3 is 0 Å². The zero-order valence-electron chi connectivity index (χ0n) is 11.6. The fraction of sp³-hybridized carbons (Fsp3) is 0.353. The van der Waals surface area contributed by atoms with Crippen molar-refractivity contribution in [2.24, 2.45) is 0 Å². The van der Waals surface area contributed by atoms with Crippen molar-refractivity contribution in [3.63, 3.8) is 0 Å². The average molecular weight is 255 g/mol. The normalized spacial score (nSPS) is 13.8. The van der Waals surface area contributed by atoms with E-state index in [4.69, 9.17) is 0 Å². The van der Waals surface area contributed by atoms with E-state index in [0.717, 1.165) is 49.1 Å². The van der Waals surface area contributed by atoms with Crippen LogP contribution in [0, 0.1) is 0 Å². The molecule has 0 aliphatic carbocycles. The molecule has 1 heterocycles. The van der Waals surface area contributed by atoms with Crippen molar-refractivity contribution in [1.82, 2.24) is 4.90 Å². The molecule has 0 radical (unpaired) electrons. The summed E-state index contributed by atoms with van der Waals surface area (Å²) >= 11 is 0. The Morgan fingerprint density at radius 2 is 1.84 bits per heavy atom. The summed E-state index contributed by atoms with van der Waals surface area (Å²) in [6.45, 7) is 10.8. The Hall–Kier alpha value is -1.83. The maximum Gasteiger partial charge on any atom is 0.258 e. The number of carbonyl (C=O) groups is 1. The Morgan fingerprint density at radius 3 is 2.47 bits per heavy atom. The monoisotopic (exact) mass is 255 g/mol. The molecule has 2 heteroatoms. The van der Waals surface area contributed by atoms with Gasteiger partial charge in [-0.15, -0.1) is 6.58 Å². The van der Waals surface area contributed by atoms with Gasteiger partial charge in [-0.1, -0.05) is 36.8 Å². The van der Waals surface area contributed by atoms with E-state index >= 15 is 0 Å². The highest BCUT2D eigenvalue weighted by molar-refractivity contribution is 6.08. The van der Waals surface area contributed by atoms with Crippen molar-refractivity contribution in [1.29, 1.82) is 0 Å². The Bertz CT molecular complexity index is 481. The molecule has 0 aromatic heterocycles. The van der Waals surface area contributed by atoms with Crippen LogP contribution >= 0.6 is 0 Å². The summed E-state index contributed by atoms with van der Waals surface area (Å²) in [6, 6.07) is 7.70. The standard InChI is InChI=1S/C17H21NO/c1-13(2)9-5-4-8-12-18-14(3)15-10-6-7-11-16(15)17(18)19/h6-7,10-11H,1,3-5,8-9,12H2,2H3. The fourth-order valence-electron chi connectivity index (χ4n) is 2.44. The second-order valence-corrected chi connectivity index (χ2v) is 5.22. The summed E-state index contributed by atoms with van der Waals surface area (Å²) in [5.41, 5.74) is 3.85. The third kappa shape index (κ3) is 2.95. The van der Waals surface area contributed by atoms with Gasteiger partial charge in [0.2, 0.25) is 0 Å². The molecule has 19 heavy (non-hydrogen) atoms. The minimum absolute atomic E-state index is 0.0977. The van der Waals surface area contributed by atoms with Crippen molar-refractivity contribution in [2.45, 2.75) is 32.6 Å². The Kier molecular flexibility index (Phi) is 4.20. The van der Waals surface area contributed by atoms with E-state index < -0.39 is 0 Å².